The van der Waals surface area contributed by atoms with Crippen molar-refractivity contribution in [1.82, 2.24) is 9.80 Å². The highest BCUT2D eigenvalue weighted by molar-refractivity contribution is 5.69. The molecule has 2 saturated heterocycles. The van der Waals surface area contributed by atoms with Crippen molar-refractivity contribution in [3.05, 3.63) is 59.7 Å². The number of ether oxygens (including phenoxy) is 1. The monoisotopic (exact) mass is 446 g/mol. The van der Waals surface area contributed by atoms with Crippen LogP contribution in [0.1, 0.15) is 30.9 Å². The van der Waals surface area contributed by atoms with Crippen LogP contribution in [0.3, 0.4) is 0 Å². The summed E-state index contributed by atoms with van der Waals surface area (Å²) in [5, 5.41) is 0. The Morgan fingerprint density at radius 3 is 2.31 bits per heavy atom. The first-order valence-electron chi connectivity index (χ1n) is 11.0. The third-order valence-corrected chi connectivity index (χ3v) is 6.81. The molecule has 0 radical (unpaired) electrons. The number of halogens is 3. The summed E-state index contributed by atoms with van der Waals surface area (Å²) in [6, 6.07) is 16.9. The number of benzene rings is 2. The van der Waals surface area contributed by atoms with Gasteiger partial charge >= 0.3 is 12.3 Å². The standard InChI is InChI=1S/C25H29F3N2O2/c1-18-14-21(20-6-4-3-5-7-20)8-9-22(18)15-29-12-10-24(11-13-29)16-30(17-24)23(31)32-19(2)25(26,27)28/h3-9,14,19H,10-13,15-17H2,1-2H3. The van der Waals surface area contributed by atoms with Crippen LogP contribution in [0.5, 0.6) is 0 Å². The number of piperidine rings is 1. The fourth-order valence-corrected chi connectivity index (χ4v) is 4.61. The lowest BCUT2D eigenvalue weighted by Gasteiger charge is -2.53. The molecule has 0 aromatic heterocycles. The zero-order valence-corrected chi connectivity index (χ0v) is 18.5. The maximum Gasteiger partial charge on any atom is 0.425 e. The van der Waals surface area contributed by atoms with Gasteiger partial charge in [-0.25, -0.2) is 4.79 Å². The molecule has 1 amide bonds. The van der Waals surface area contributed by atoms with Gasteiger partial charge in [0.1, 0.15) is 0 Å². The Morgan fingerprint density at radius 1 is 1.06 bits per heavy atom. The van der Waals surface area contributed by atoms with Crippen LogP contribution >= 0.6 is 0 Å². The molecule has 4 rings (SSSR count). The molecule has 2 aromatic rings. The Hall–Kier alpha value is -2.54. The molecule has 0 bridgehead atoms. The van der Waals surface area contributed by atoms with E-state index in [4.69, 9.17) is 0 Å². The number of hydrogen-bond acceptors (Lipinski definition) is 3. The Labute approximate surface area is 187 Å². The van der Waals surface area contributed by atoms with Gasteiger partial charge in [-0.05, 0) is 62.0 Å². The molecule has 7 heteroatoms. The molecular weight excluding hydrogens is 417 g/mol. The maximum atomic E-state index is 12.6. The van der Waals surface area contributed by atoms with Gasteiger partial charge in [0.2, 0.25) is 0 Å². The number of hydrogen-bond donors (Lipinski definition) is 0. The molecular formula is C25H29F3N2O2. The predicted octanol–water partition coefficient (Wildman–Crippen LogP) is 5.65. The number of nitrogens with zero attached hydrogens (tertiary/aromatic N) is 2. The predicted molar refractivity (Wildman–Crippen MR) is 117 cm³/mol. The van der Waals surface area contributed by atoms with E-state index in [1.54, 1.807) is 0 Å². The number of amides is 1. The Bertz CT molecular complexity index is 945. The molecule has 172 valence electrons. The van der Waals surface area contributed by atoms with Crippen LogP contribution in [0.2, 0.25) is 0 Å². The van der Waals surface area contributed by atoms with Crippen LogP contribution in [-0.2, 0) is 11.3 Å². The molecule has 1 spiro atoms. The summed E-state index contributed by atoms with van der Waals surface area (Å²) in [5.41, 5.74) is 5.01. The Balaban J connectivity index is 1.27. The molecule has 0 N–H and O–H groups in total. The van der Waals surface area contributed by atoms with Crippen LogP contribution in [0, 0.1) is 12.3 Å². The van der Waals surface area contributed by atoms with Crippen molar-refractivity contribution >= 4 is 6.09 Å². The fourth-order valence-electron chi connectivity index (χ4n) is 4.61. The average Bonchev–Trinajstić information content (AvgIpc) is 2.74. The van der Waals surface area contributed by atoms with Gasteiger partial charge in [-0.3, -0.25) is 4.90 Å². The third kappa shape index (κ3) is 4.93. The van der Waals surface area contributed by atoms with Crippen LogP contribution in [-0.4, -0.2) is 54.4 Å². The van der Waals surface area contributed by atoms with Gasteiger partial charge in [0.05, 0.1) is 0 Å². The molecule has 0 aliphatic carbocycles. The second kappa shape index (κ2) is 8.77. The normalized spacial score (nSPS) is 19.5. The lowest BCUT2D eigenvalue weighted by atomic mass is 9.72. The summed E-state index contributed by atoms with van der Waals surface area (Å²) in [5.74, 6) is 0. The molecule has 2 aliphatic heterocycles. The zero-order valence-electron chi connectivity index (χ0n) is 18.5. The summed E-state index contributed by atoms with van der Waals surface area (Å²) in [6.07, 6.45) is -5.59. The summed E-state index contributed by atoms with van der Waals surface area (Å²) in [6.45, 7) is 6.68. The highest BCUT2D eigenvalue weighted by Gasteiger charge is 2.48. The van der Waals surface area contributed by atoms with E-state index in [-0.39, 0.29) is 5.41 Å². The molecule has 1 atom stereocenters. The van der Waals surface area contributed by atoms with Crippen molar-refractivity contribution in [2.24, 2.45) is 5.41 Å². The fraction of sp³-hybridized carbons (Fsp3) is 0.480. The number of carbonyl (C=O) groups is 1. The quantitative estimate of drug-likeness (QED) is 0.609. The van der Waals surface area contributed by atoms with E-state index in [2.05, 4.69) is 46.9 Å². The number of carbonyl (C=O) groups excluding carboxylic acids is 1. The Kier molecular flexibility index (Phi) is 6.21. The van der Waals surface area contributed by atoms with Crippen LogP contribution < -0.4 is 0 Å². The summed E-state index contributed by atoms with van der Waals surface area (Å²) < 4.78 is 42.4. The van der Waals surface area contributed by atoms with Gasteiger partial charge in [-0.1, -0.05) is 48.5 Å². The first-order valence-corrected chi connectivity index (χ1v) is 11.0. The smallest absolute Gasteiger partial charge is 0.425 e. The minimum Gasteiger partial charge on any atom is -0.437 e. The van der Waals surface area contributed by atoms with E-state index in [1.807, 2.05) is 18.2 Å². The highest BCUT2D eigenvalue weighted by Crippen LogP contribution is 2.41. The second-order valence-electron chi connectivity index (χ2n) is 9.21. The van der Waals surface area contributed by atoms with Gasteiger partial charge in [-0.2, -0.15) is 13.2 Å². The van der Waals surface area contributed by atoms with Crippen LogP contribution in [0.15, 0.2) is 48.5 Å². The molecule has 32 heavy (non-hydrogen) atoms. The molecule has 2 heterocycles. The lowest BCUT2D eigenvalue weighted by molar-refractivity contribution is -0.202. The minimum atomic E-state index is -4.53. The van der Waals surface area contributed by atoms with E-state index in [9.17, 15) is 18.0 Å². The summed E-state index contributed by atoms with van der Waals surface area (Å²) >= 11 is 0. The molecule has 2 aliphatic rings. The molecule has 4 nitrogen and oxygen atoms in total. The van der Waals surface area contributed by atoms with E-state index in [1.165, 1.54) is 27.2 Å². The first-order chi connectivity index (χ1) is 15.2. The summed E-state index contributed by atoms with van der Waals surface area (Å²) in [4.78, 5) is 15.8. The lowest BCUT2D eigenvalue weighted by Crippen LogP contribution is -2.62. The van der Waals surface area contributed by atoms with Crippen LogP contribution in [0.25, 0.3) is 11.1 Å². The van der Waals surface area contributed by atoms with Gasteiger partial charge in [0, 0.05) is 25.0 Å². The van der Waals surface area contributed by atoms with E-state index >= 15 is 0 Å². The first kappa shape index (κ1) is 22.6. The molecule has 2 aromatic carbocycles. The van der Waals surface area contributed by atoms with Crippen molar-refractivity contribution in [2.45, 2.75) is 45.5 Å². The van der Waals surface area contributed by atoms with Gasteiger partial charge in [0.15, 0.2) is 6.10 Å². The molecule has 2 fully saturated rings. The maximum absolute atomic E-state index is 12.6. The van der Waals surface area contributed by atoms with Gasteiger partial charge in [0.25, 0.3) is 0 Å². The number of likely N-dealkylation sites (tertiary alicyclic amines) is 2. The number of rotatable bonds is 4. The SMILES string of the molecule is Cc1cc(-c2ccccc2)ccc1CN1CCC2(CC1)CN(C(=O)OC(C)C(F)(F)F)C2. The topological polar surface area (TPSA) is 32.8 Å². The van der Waals surface area contributed by atoms with Crippen molar-refractivity contribution in [2.75, 3.05) is 26.2 Å². The largest absolute Gasteiger partial charge is 0.437 e. The number of aryl methyl sites for hydroxylation is 1. The van der Waals surface area contributed by atoms with Crippen molar-refractivity contribution in [1.29, 1.82) is 0 Å². The van der Waals surface area contributed by atoms with E-state index in [0.717, 1.165) is 39.4 Å². The Morgan fingerprint density at radius 2 is 1.72 bits per heavy atom. The van der Waals surface area contributed by atoms with Crippen molar-refractivity contribution in [3.63, 3.8) is 0 Å². The minimum absolute atomic E-state index is 0.0171. The molecule has 0 saturated carbocycles. The highest BCUT2D eigenvalue weighted by atomic mass is 19.4. The van der Waals surface area contributed by atoms with E-state index < -0.39 is 18.4 Å². The van der Waals surface area contributed by atoms with Gasteiger partial charge < -0.3 is 9.64 Å². The summed E-state index contributed by atoms with van der Waals surface area (Å²) in [7, 11) is 0. The molecule has 1 unspecified atom stereocenters. The zero-order chi connectivity index (χ0) is 22.9. The van der Waals surface area contributed by atoms with Crippen molar-refractivity contribution in [3.8, 4) is 11.1 Å². The van der Waals surface area contributed by atoms with Crippen molar-refractivity contribution < 1.29 is 22.7 Å². The second-order valence-corrected chi connectivity index (χ2v) is 9.21. The van der Waals surface area contributed by atoms with Crippen LogP contribution in [0.4, 0.5) is 18.0 Å². The number of alkyl halides is 3. The van der Waals surface area contributed by atoms with E-state index in [0.29, 0.717) is 13.1 Å². The average molecular weight is 447 g/mol. The van der Waals surface area contributed by atoms with Gasteiger partial charge in [-0.15, -0.1) is 0 Å². The third-order valence-electron chi connectivity index (χ3n) is 6.81.